The van der Waals surface area contributed by atoms with E-state index in [2.05, 4.69) is 36.2 Å². The highest BCUT2D eigenvalue weighted by molar-refractivity contribution is 5.82. The van der Waals surface area contributed by atoms with E-state index >= 15 is 0 Å². The summed E-state index contributed by atoms with van der Waals surface area (Å²) in [5.41, 5.74) is 1.18. The summed E-state index contributed by atoms with van der Waals surface area (Å²) < 4.78 is 20.9. The molecular weight excluding hydrogens is 505 g/mol. The summed E-state index contributed by atoms with van der Waals surface area (Å²) in [5.74, 6) is 0.421. The van der Waals surface area contributed by atoms with E-state index in [-0.39, 0.29) is 18.4 Å². The minimum Gasteiger partial charge on any atom is -0.444 e. The molecule has 0 aliphatic heterocycles. The van der Waals surface area contributed by atoms with Crippen molar-refractivity contribution in [2.75, 3.05) is 37.3 Å². The zero-order valence-corrected chi connectivity index (χ0v) is 23.4. The van der Waals surface area contributed by atoms with E-state index in [0.29, 0.717) is 48.4 Å². The van der Waals surface area contributed by atoms with Crippen molar-refractivity contribution in [2.45, 2.75) is 59.4 Å². The first-order chi connectivity index (χ1) is 18.4. The summed E-state index contributed by atoms with van der Waals surface area (Å²) in [4.78, 5) is 34.4. The maximum Gasteiger partial charge on any atom is 0.410 e. The van der Waals surface area contributed by atoms with Crippen LogP contribution in [0.15, 0.2) is 36.3 Å². The summed E-state index contributed by atoms with van der Waals surface area (Å²) in [6.45, 7) is 10.4. The number of carbonyl (C=O) groups excluding carboxylic acids is 2. The van der Waals surface area contributed by atoms with Gasteiger partial charge in [-0.2, -0.15) is 4.98 Å². The van der Waals surface area contributed by atoms with Crippen LogP contribution in [0.2, 0.25) is 0 Å². The molecule has 0 bridgehead atoms. The first-order valence-electron chi connectivity index (χ1n) is 13.0. The van der Waals surface area contributed by atoms with Gasteiger partial charge in [0.15, 0.2) is 0 Å². The SMILES string of the molecule is CCCNc1nc(NC2=CC(F)C(C)C=C2)ncc1-c1cn(CCNC(=O)CN(C)C(=O)OC(C)(C)C)nn1. The molecule has 0 spiro atoms. The minimum absolute atomic E-state index is 0.126. The Bertz CT molecular complexity index is 1210. The van der Waals surface area contributed by atoms with Gasteiger partial charge in [0.1, 0.15) is 29.8 Å². The Kier molecular flexibility index (Phi) is 9.96. The van der Waals surface area contributed by atoms with E-state index < -0.39 is 17.9 Å². The summed E-state index contributed by atoms with van der Waals surface area (Å²) in [6.07, 6.45) is 7.76. The highest BCUT2D eigenvalue weighted by atomic mass is 19.1. The van der Waals surface area contributed by atoms with Crippen LogP contribution < -0.4 is 16.0 Å². The third-order valence-electron chi connectivity index (χ3n) is 5.57. The number of rotatable bonds is 11. The molecule has 2 unspecified atom stereocenters. The predicted molar refractivity (Wildman–Crippen MR) is 147 cm³/mol. The summed E-state index contributed by atoms with van der Waals surface area (Å²) in [7, 11) is 1.51. The van der Waals surface area contributed by atoms with Crippen LogP contribution >= 0.6 is 0 Å². The monoisotopic (exact) mass is 543 g/mol. The lowest BCUT2D eigenvalue weighted by Crippen LogP contribution is -2.41. The van der Waals surface area contributed by atoms with Crippen LogP contribution in [0.25, 0.3) is 11.3 Å². The maximum absolute atomic E-state index is 14.1. The van der Waals surface area contributed by atoms with Gasteiger partial charge in [-0.25, -0.2) is 14.2 Å². The topological polar surface area (TPSA) is 139 Å². The smallest absolute Gasteiger partial charge is 0.410 e. The molecule has 2 aromatic heterocycles. The number of hydrogen-bond acceptors (Lipinski definition) is 9. The second kappa shape index (κ2) is 13.2. The molecule has 212 valence electrons. The third kappa shape index (κ3) is 9.04. The third-order valence-corrected chi connectivity index (χ3v) is 5.57. The molecule has 2 aromatic rings. The van der Waals surface area contributed by atoms with Gasteiger partial charge in [0.05, 0.1) is 18.3 Å². The highest BCUT2D eigenvalue weighted by Crippen LogP contribution is 2.26. The van der Waals surface area contributed by atoms with Crippen LogP contribution in [0.1, 0.15) is 41.0 Å². The van der Waals surface area contributed by atoms with Crippen molar-refractivity contribution in [1.29, 1.82) is 0 Å². The highest BCUT2D eigenvalue weighted by Gasteiger charge is 2.21. The fourth-order valence-corrected chi connectivity index (χ4v) is 3.48. The zero-order chi connectivity index (χ0) is 28.6. The molecule has 13 heteroatoms. The molecule has 0 radical (unpaired) electrons. The van der Waals surface area contributed by atoms with Crippen molar-refractivity contribution in [2.24, 2.45) is 5.92 Å². The number of halogens is 1. The number of likely N-dealkylation sites (N-methyl/N-ethyl adjacent to an activating group) is 1. The van der Waals surface area contributed by atoms with E-state index in [1.54, 1.807) is 43.9 Å². The number of allylic oxidation sites excluding steroid dienone is 3. The number of amides is 2. The molecule has 0 aromatic carbocycles. The Morgan fingerprint density at radius 1 is 1.26 bits per heavy atom. The molecule has 39 heavy (non-hydrogen) atoms. The van der Waals surface area contributed by atoms with E-state index in [1.165, 1.54) is 18.0 Å². The van der Waals surface area contributed by atoms with Gasteiger partial charge in [0.2, 0.25) is 11.9 Å². The van der Waals surface area contributed by atoms with Gasteiger partial charge < -0.3 is 25.6 Å². The van der Waals surface area contributed by atoms with Crippen LogP contribution in [0, 0.1) is 5.92 Å². The van der Waals surface area contributed by atoms with Gasteiger partial charge in [-0.1, -0.05) is 25.1 Å². The minimum atomic E-state index is -1.07. The predicted octanol–water partition coefficient (Wildman–Crippen LogP) is 3.38. The molecule has 2 heterocycles. The molecule has 3 N–H and O–H groups in total. The van der Waals surface area contributed by atoms with Gasteiger partial charge in [-0.15, -0.1) is 5.10 Å². The number of nitrogens with one attached hydrogen (secondary N) is 3. The lowest BCUT2D eigenvalue weighted by molar-refractivity contribution is -0.122. The largest absolute Gasteiger partial charge is 0.444 e. The van der Waals surface area contributed by atoms with Crippen LogP contribution in [0.4, 0.5) is 21.0 Å². The van der Waals surface area contributed by atoms with Crippen LogP contribution in [-0.2, 0) is 16.1 Å². The Labute approximate surface area is 228 Å². The van der Waals surface area contributed by atoms with Crippen LogP contribution in [-0.4, -0.2) is 80.3 Å². The number of hydrogen-bond donors (Lipinski definition) is 3. The van der Waals surface area contributed by atoms with Crippen molar-refractivity contribution >= 4 is 23.8 Å². The molecule has 0 saturated carbocycles. The molecule has 0 fully saturated rings. The Hall–Kier alpha value is -4.03. The van der Waals surface area contributed by atoms with Crippen LogP contribution in [0.3, 0.4) is 0 Å². The summed E-state index contributed by atoms with van der Waals surface area (Å²) >= 11 is 0. The van der Waals surface area contributed by atoms with Gasteiger partial charge >= 0.3 is 6.09 Å². The number of ether oxygens (including phenoxy) is 1. The molecule has 3 rings (SSSR count). The van der Waals surface area contributed by atoms with Crippen molar-refractivity contribution in [1.82, 2.24) is 35.2 Å². The normalized spacial score (nSPS) is 16.8. The number of carbonyl (C=O) groups is 2. The first-order valence-corrected chi connectivity index (χ1v) is 13.0. The second-order valence-corrected chi connectivity index (χ2v) is 10.3. The number of anilines is 2. The summed E-state index contributed by atoms with van der Waals surface area (Å²) in [5, 5.41) is 17.5. The van der Waals surface area contributed by atoms with Crippen molar-refractivity contribution < 1.29 is 18.7 Å². The van der Waals surface area contributed by atoms with E-state index in [9.17, 15) is 14.0 Å². The van der Waals surface area contributed by atoms with E-state index in [4.69, 9.17) is 4.74 Å². The van der Waals surface area contributed by atoms with Gasteiger partial charge in [0.25, 0.3) is 0 Å². The fourth-order valence-electron chi connectivity index (χ4n) is 3.48. The Morgan fingerprint density at radius 3 is 2.72 bits per heavy atom. The molecular formula is C26H38FN9O3. The summed E-state index contributed by atoms with van der Waals surface area (Å²) in [6, 6.07) is 0. The molecule has 2 atom stereocenters. The fraction of sp³-hybridized carbons (Fsp3) is 0.538. The second-order valence-electron chi connectivity index (χ2n) is 10.3. The average Bonchev–Trinajstić information content (AvgIpc) is 3.32. The van der Waals surface area contributed by atoms with Crippen LogP contribution in [0.5, 0.6) is 0 Å². The van der Waals surface area contributed by atoms with E-state index in [1.807, 2.05) is 19.9 Å². The van der Waals surface area contributed by atoms with Gasteiger partial charge in [-0.05, 0) is 39.3 Å². The average molecular weight is 544 g/mol. The number of nitrogens with zero attached hydrogens (tertiary/aromatic N) is 6. The Balaban J connectivity index is 1.59. The quantitative estimate of drug-likeness (QED) is 0.389. The lowest BCUT2D eigenvalue weighted by atomic mass is 10.00. The van der Waals surface area contributed by atoms with Crippen molar-refractivity contribution in [3.63, 3.8) is 0 Å². The molecule has 2 amide bonds. The first kappa shape index (κ1) is 29.5. The standard InChI is InChI=1S/C26H38FN9O3/c1-7-10-29-23-19(14-30-24(32-23)31-18-9-8-17(2)20(27)13-18)21-15-36(34-33-21)12-11-28-22(37)16-35(6)25(38)39-26(3,4)5/h8-9,13-15,17,20H,7,10-12,16H2,1-6H3,(H,28,37)(H2,29,30,31,32). The van der Waals surface area contributed by atoms with Crippen molar-refractivity contribution in [3.8, 4) is 11.3 Å². The number of aromatic nitrogens is 5. The lowest BCUT2D eigenvalue weighted by Gasteiger charge is -2.24. The molecule has 1 aliphatic rings. The zero-order valence-electron chi connectivity index (χ0n) is 23.4. The Morgan fingerprint density at radius 2 is 2.03 bits per heavy atom. The van der Waals surface area contributed by atoms with E-state index in [0.717, 1.165) is 6.42 Å². The van der Waals surface area contributed by atoms with Gasteiger partial charge in [-0.3, -0.25) is 9.48 Å². The molecule has 1 aliphatic carbocycles. The van der Waals surface area contributed by atoms with Gasteiger partial charge in [0, 0.05) is 37.9 Å². The molecule has 0 saturated heterocycles. The number of alkyl halides is 1. The van der Waals surface area contributed by atoms with Crippen molar-refractivity contribution in [3.05, 3.63) is 36.3 Å². The molecule has 12 nitrogen and oxygen atoms in total. The maximum atomic E-state index is 14.1.